The Hall–Kier alpha value is -4.36. The molecule has 6 aromatic carbocycles. The van der Waals surface area contributed by atoms with Crippen molar-refractivity contribution in [3.05, 3.63) is 120 Å². The van der Waals surface area contributed by atoms with Gasteiger partial charge in [0.05, 0.1) is 0 Å². The summed E-state index contributed by atoms with van der Waals surface area (Å²) in [4.78, 5) is 0. The lowest BCUT2D eigenvalue weighted by molar-refractivity contribution is 0.487. The van der Waals surface area contributed by atoms with Gasteiger partial charge in [-0.05, 0) is 73.3 Å². The van der Waals surface area contributed by atoms with E-state index in [2.05, 4.69) is 117 Å². The van der Waals surface area contributed by atoms with Crippen LogP contribution in [0.4, 0.5) is 0 Å². The maximum Gasteiger partial charge on any atom is 0.135 e. The van der Waals surface area contributed by atoms with Gasteiger partial charge in [-0.1, -0.05) is 105 Å². The second kappa shape index (κ2) is 6.86. The molecule has 1 aliphatic carbocycles. The summed E-state index contributed by atoms with van der Waals surface area (Å²) in [6.45, 7) is 4.72. The fourth-order valence-corrected chi connectivity index (χ4v) is 6.51. The number of fused-ring (bicyclic) bond motifs is 7. The SMILES string of the molecule is CC1(C)c2cc(-c3ccc4c5c(cccc35)-c3ccccc3O4)ccc2-c2c1ccc1ccccc21. The minimum absolute atomic E-state index is 0.0564. The van der Waals surface area contributed by atoms with E-state index in [9.17, 15) is 0 Å². The maximum absolute atomic E-state index is 6.33. The quantitative estimate of drug-likeness (QED) is 0.237. The Balaban J connectivity index is 1.37. The van der Waals surface area contributed by atoms with E-state index in [-0.39, 0.29) is 5.41 Å². The Morgan fingerprint density at radius 2 is 1.31 bits per heavy atom. The fraction of sp³-hybridized carbons (Fsp3) is 0.0857. The van der Waals surface area contributed by atoms with E-state index in [0.29, 0.717) is 0 Å². The van der Waals surface area contributed by atoms with Crippen LogP contribution in [0.25, 0.3) is 54.9 Å². The van der Waals surface area contributed by atoms with Crippen molar-refractivity contribution in [3.8, 4) is 44.9 Å². The molecule has 6 aromatic rings. The predicted molar refractivity (Wildman–Crippen MR) is 150 cm³/mol. The first-order valence-corrected chi connectivity index (χ1v) is 12.6. The average Bonchev–Trinajstić information content (AvgIpc) is 3.15. The Kier molecular flexibility index (Phi) is 3.79. The van der Waals surface area contributed by atoms with Crippen LogP contribution in [-0.4, -0.2) is 0 Å². The van der Waals surface area contributed by atoms with E-state index in [4.69, 9.17) is 4.74 Å². The van der Waals surface area contributed by atoms with E-state index in [1.165, 1.54) is 60.5 Å². The molecule has 0 bridgehead atoms. The van der Waals surface area contributed by atoms with Crippen LogP contribution < -0.4 is 4.74 Å². The van der Waals surface area contributed by atoms with Gasteiger partial charge in [-0.25, -0.2) is 0 Å². The molecule has 0 saturated carbocycles. The summed E-state index contributed by atoms with van der Waals surface area (Å²) in [7, 11) is 0. The Bertz CT molecular complexity index is 1890. The highest BCUT2D eigenvalue weighted by Crippen LogP contribution is 2.53. The van der Waals surface area contributed by atoms with Crippen LogP contribution in [-0.2, 0) is 5.41 Å². The Morgan fingerprint density at radius 3 is 2.25 bits per heavy atom. The molecule has 0 fully saturated rings. The van der Waals surface area contributed by atoms with Gasteiger partial charge in [-0.15, -0.1) is 0 Å². The molecule has 0 saturated heterocycles. The number of benzene rings is 6. The Labute approximate surface area is 210 Å². The molecule has 0 N–H and O–H groups in total. The van der Waals surface area contributed by atoms with Crippen LogP contribution in [0, 0.1) is 0 Å². The fourth-order valence-electron chi connectivity index (χ4n) is 6.51. The van der Waals surface area contributed by atoms with Crippen LogP contribution in [0.5, 0.6) is 11.5 Å². The van der Waals surface area contributed by atoms with E-state index in [0.717, 1.165) is 17.1 Å². The molecular formula is C35H24O. The second-order valence-electron chi connectivity index (χ2n) is 10.5. The summed E-state index contributed by atoms with van der Waals surface area (Å²) in [5.41, 5.74) is 10.4. The first-order valence-electron chi connectivity index (χ1n) is 12.6. The highest BCUT2D eigenvalue weighted by atomic mass is 16.5. The van der Waals surface area contributed by atoms with E-state index in [1.54, 1.807) is 0 Å². The standard InChI is InChI=1S/C35H24O/c1-35(2)29-18-15-21-8-3-4-9-24(21)33(29)28-16-14-22(20-30(28)35)23-17-19-32-34-26(23)11-7-12-27(34)25-10-5-6-13-31(25)36-32/h3-20H,1-2H3. The van der Waals surface area contributed by atoms with E-state index >= 15 is 0 Å². The van der Waals surface area contributed by atoms with Gasteiger partial charge in [0.25, 0.3) is 0 Å². The summed E-state index contributed by atoms with van der Waals surface area (Å²) in [6, 6.07) is 39.7. The average molecular weight is 461 g/mol. The van der Waals surface area contributed by atoms with Crippen molar-refractivity contribution in [1.82, 2.24) is 0 Å². The third-order valence-corrected chi connectivity index (χ3v) is 8.28. The van der Waals surface area contributed by atoms with Gasteiger partial charge in [0.2, 0.25) is 0 Å². The minimum atomic E-state index is -0.0564. The molecule has 1 heteroatoms. The molecule has 0 radical (unpaired) electrons. The molecule has 8 rings (SSSR count). The largest absolute Gasteiger partial charge is 0.456 e. The zero-order valence-electron chi connectivity index (χ0n) is 20.3. The molecule has 0 aromatic heterocycles. The van der Waals surface area contributed by atoms with Crippen LogP contribution >= 0.6 is 0 Å². The molecule has 36 heavy (non-hydrogen) atoms. The summed E-state index contributed by atoms with van der Waals surface area (Å²) in [5.74, 6) is 1.86. The van der Waals surface area contributed by atoms with E-state index < -0.39 is 0 Å². The van der Waals surface area contributed by atoms with Crippen LogP contribution in [0.3, 0.4) is 0 Å². The first-order chi connectivity index (χ1) is 17.6. The third-order valence-electron chi connectivity index (χ3n) is 8.28. The highest BCUT2D eigenvalue weighted by molar-refractivity contribution is 6.10. The summed E-state index contributed by atoms with van der Waals surface area (Å²) < 4.78 is 6.33. The highest BCUT2D eigenvalue weighted by Gasteiger charge is 2.36. The molecule has 0 atom stereocenters. The first kappa shape index (κ1) is 19.9. The van der Waals surface area contributed by atoms with Gasteiger partial charge in [0.1, 0.15) is 11.5 Å². The molecule has 0 spiro atoms. The van der Waals surface area contributed by atoms with Crippen molar-refractivity contribution in [2.24, 2.45) is 0 Å². The van der Waals surface area contributed by atoms with Crippen molar-refractivity contribution in [2.75, 3.05) is 0 Å². The smallest absolute Gasteiger partial charge is 0.135 e. The lowest BCUT2D eigenvalue weighted by Crippen LogP contribution is -2.15. The predicted octanol–water partition coefficient (Wildman–Crippen LogP) is 9.74. The number of ether oxygens (including phenoxy) is 1. The zero-order valence-corrected chi connectivity index (χ0v) is 20.3. The lowest BCUT2D eigenvalue weighted by Gasteiger charge is -2.24. The molecule has 1 heterocycles. The normalized spacial score (nSPS) is 14.3. The molecule has 1 nitrogen and oxygen atoms in total. The number of hydrogen-bond donors (Lipinski definition) is 0. The Morgan fingerprint density at radius 1 is 0.528 bits per heavy atom. The van der Waals surface area contributed by atoms with Crippen molar-refractivity contribution < 1.29 is 4.74 Å². The maximum atomic E-state index is 6.33. The third kappa shape index (κ3) is 2.50. The minimum Gasteiger partial charge on any atom is -0.456 e. The topological polar surface area (TPSA) is 9.23 Å². The monoisotopic (exact) mass is 460 g/mol. The summed E-state index contributed by atoms with van der Waals surface area (Å²) >= 11 is 0. The van der Waals surface area contributed by atoms with Crippen LogP contribution in [0.2, 0.25) is 0 Å². The van der Waals surface area contributed by atoms with Crippen molar-refractivity contribution >= 4 is 21.5 Å². The summed E-state index contributed by atoms with van der Waals surface area (Å²) in [5, 5.41) is 5.07. The van der Waals surface area contributed by atoms with Crippen LogP contribution in [0.1, 0.15) is 25.0 Å². The van der Waals surface area contributed by atoms with Crippen molar-refractivity contribution in [3.63, 3.8) is 0 Å². The van der Waals surface area contributed by atoms with Gasteiger partial charge in [0.15, 0.2) is 0 Å². The van der Waals surface area contributed by atoms with Crippen molar-refractivity contribution in [2.45, 2.75) is 19.3 Å². The van der Waals surface area contributed by atoms with Gasteiger partial charge in [0, 0.05) is 16.4 Å². The number of para-hydroxylation sites is 1. The van der Waals surface area contributed by atoms with Crippen LogP contribution in [0.15, 0.2) is 109 Å². The molecular weight excluding hydrogens is 436 g/mol. The molecule has 1 aliphatic heterocycles. The molecule has 2 aliphatic rings. The molecule has 0 unspecified atom stereocenters. The van der Waals surface area contributed by atoms with Crippen molar-refractivity contribution in [1.29, 1.82) is 0 Å². The van der Waals surface area contributed by atoms with E-state index in [1.807, 2.05) is 6.07 Å². The second-order valence-corrected chi connectivity index (χ2v) is 10.5. The van der Waals surface area contributed by atoms with Gasteiger partial charge >= 0.3 is 0 Å². The number of hydrogen-bond acceptors (Lipinski definition) is 1. The van der Waals surface area contributed by atoms with Gasteiger partial charge < -0.3 is 4.74 Å². The zero-order chi connectivity index (χ0) is 24.0. The molecule has 0 amide bonds. The van der Waals surface area contributed by atoms with Gasteiger partial charge in [-0.2, -0.15) is 0 Å². The van der Waals surface area contributed by atoms with Gasteiger partial charge in [-0.3, -0.25) is 0 Å². The summed E-state index contributed by atoms with van der Waals surface area (Å²) in [6.07, 6.45) is 0. The lowest BCUT2D eigenvalue weighted by atomic mass is 9.81. The number of rotatable bonds is 1. The molecule has 170 valence electrons.